The van der Waals surface area contributed by atoms with Gasteiger partial charge in [-0.3, -0.25) is 14.9 Å². The predicted molar refractivity (Wildman–Crippen MR) is 134 cm³/mol. The summed E-state index contributed by atoms with van der Waals surface area (Å²) in [7, 11) is 0. The van der Waals surface area contributed by atoms with Gasteiger partial charge in [0, 0.05) is 49.8 Å². The van der Waals surface area contributed by atoms with Crippen LogP contribution in [0.4, 0.5) is 10.5 Å². The van der Waals surface area contributed by atoms with Gasteiger partial charge in [-0.05, 0) is 54.9 Å². The fraction of sp³-hybridized carbons (Fsp3) is 0.464. The van der Waals surface area contributed by atoms with Gasteiger partial charge in [0.05, 0.1) is 6.04 Å². The minimum Gasteiger partial charge on any atom is -0.427 e. The van der Waals surface area contributed by atoms with Gasteiger partial charge in [-0.1, -0.05) is 36.4 Å². The average molecular weight is 489 g/mol. The largest absolute Gasteiger partial charge is 0.427 e. The maximum Gasteiger partial charge on any atom is 0.415 e. The van der Waals surface area contributed by atoms with Gasteiger partial charge in [-0.15, -0.1) is 0 Å². The molecule has 3 amide bonds. The summed E-state index contributed by atoms with van der Waals surface area (Å²) in [6, 6.07) is 16.4. The first-order chi connectivity index (χ1) is 17.4. The number of nitrogens with one attached hydrogen (secondary N) is 3. The predicted octanol–water partition coefficient (Wildman–Crippen LogP) is 3.24. The van der Waals surface area contributed by atoms with Crippen LogP contribution in [0.3, 0.4) is 0 Å². The molecule has 2 unspecified atom stereocenters. The molecule has 2 aliphatic carbocycles. The third-order valence-corrected chi connectivity index (χ3v) is 8.19. The average Bonchev–Trinajstić information content (AvgIpc) is 3.60. The summed E-state index contributed by atoms with van der Waals surface area (Å²) in [4.78, 5) is 40.8. The number of hydrogen-bond donors (Lipinski definition) is 3. The van der Waals surface area contributed by atoms with Crippen LogP contribution >= 0.6 is 0 Å². The van der Waals surface area contributed by atoms with Gasteiger partial charge in [-0.25, -0.2) is 4.79 Å². The Bertz CT molecular complexity index is 1190. The van der Waals surface area contributed by atoms with Crippen LogP contribution in [-0.2, 0) is 26.5 Å². The number of anilines is 1. The fourth-order valence-electron chi connectivity index (χ4n) is 5.87. The third-order valence-electron chi connectivity index (χ3n) is 8.19. The summed E-state index contributed by atoms with van der Waals surface area (Å²) in [5, 5.41) is 9.07. The number of hydrogen-bond acceptors (Lipinski definition) is 6. The molecular formula is C28H32N4O4. The molecule has 0 aromatic heterocycles. The molecule has 3 N–H and O–H groups in total. The summed E-state index contributed by atoms with van der Waals surface area (Å²) in [5.41, 5.74) is 2.29. The number of imide groups is 1. The summed E-state index contributed by atoms with van der Waals surface area (Å²) in [6.07, 6.45) is 2.11. The Morgan fingerprint density at radius 1 is 1.17 bits per heavy atom. The Kier molecular flexibility index (Phi) is 5.71. The molecule has 3 fully saturated rings. The zero-order valence-corrected chi connectivity index (χ0v) is 20.5. The van der Waals surface area contributed by atoms with Crippen LogP contribution in [0, 0.1) is 5.92 Å². The zero-order chi connectivity index (χ0) is 24.9. The number of nitrogens with zero attached hydrogens (tertiary/aromatic N) is 1. The molecule has 8 heteroatoms. The van der Waals surface area contributed by atoms with E-state index in [2.05, 4.69) is 35.0 Å². The molecule has 1 spiro atoms. The molecule has 4 aliphatic rings. The van der Waals surface area contributed by atoms with Crippen LogP contribution in [-0.4, -0.2) is 48.0 Å². The summed E-state index contributed by atoms with van der Waals surface area (Å²) >= 11 is 0. The van der Waals surface area contributed by atoms with E-state index in [9.17, 15) is 14.4 Å². The number of carbonyl (C=O) groups excluding carboxylic acids is 3. The number of ether oxygens (including phenoxy) is 1. The Hall–Kier alpha value is -3.39. The summed E-state index contributed by atoms with van der Waals surface area (Å²) in [6.45, 7) is 4.50. The molecule has 3 atom stereocenters. The molecule has 36 heavy (non-hydrogen) atoms. The lowest BCUT2D eigenvalue weighted by molar-refractivity contribution is -0.136. The van der Waals surface area contributed by atoms with Crippen LogP contribution in [0.1, 0.15) is 55.2 Å². The number of benzene rings is 2. The number of alkyl carbamates (subject to hydrolysis) is 1. The molecule has 188 valence electrons. The Labute approximate surface area is 210 Å². The fourth-order valence-corrected chi connectivity index (χ4v) is 5.87. The SMILES string of the molecule is CC(C1CC1)N(Cc1ccccc1)C(=O)CC1C[C@]2(OC(=O)NC2=O)c2ccc(NC3CNC3)cc21. The zero-order valence-electron chi connectivity index (χ0n) is 20.5. The molecule has 6 rings (SSSR count). The second kappa shape index (κ2) is 8.92. The Morgan fingerprint density at radius 3 is 2.58 bits per heavy atom. The van der Waals surface area contributed by atoms with E-state index in [0.29, 0.717) is 24.1 Å². The third kappa shape index (κ3) is 4.13. The standard InChI is InChI=1S/C28H32N4O4/c1-17(19-7-8-19)32(16-18-5-3-2-4-6-18)25(33)11-20-13-28(26(34)31-27(35)36-28)24-10-9-21(12-23(20)24)30-22-14-29-15-22/h2-6,9-10,12,17,19-20,22,29-30H,7-8,11,13-16H2,1H3,(H,31,34,35)/t17?,20?,28-/m0/s1. The molecule has 1 saturated carbocycles. The van der Waals surface area contributed by atoms with Crippen LogP contribution in [0.2, 0.25) is 0 Å². The lowest BCUT2D eigenvalue weighted by Gasteiger charge is -2.31. The Balaban J connectivity index is 1.29. The monoisotopic (exact) mass is 488 g/mol. The van der Waals surface area contributed by atoms with Gasteiger partial charge in [0.15, 0.2) is 0 Å². The van der Waals surface area contributed by atoms with Gasteiger partial charge in [0.1, 0.15) is 0 Å². The number of carbonyl (C=O) groups is 3. The van der Waals surface area contributed by atoms with Crippen molar-refractivity contribution in [1.29, 1.82) is 0 Å². The van der Waals surface area contributed by atoms with Crippen molar-refractivity contribution in [1.82, 2.24) is 15.5 Å². The van der Waals surface area contributed by atoms with Crippen molar-refractivity contribution >= 4 is 23.6 Å². The lowest BCUT2D eigenvalue weighted by atomic mass is 9.93. The second-order valence-electron chi connectivity index (χ2n) is 10.7. The highest BCUT2D eigenvalue weighted by molar-refractivity contribution is 6.04. The molecule has 0 bridgehead atoms. The van der Waals surface area contributed by atoms with Gasteiger partial charge in [-0.2, -0.15) is 0 Å². The molecule has 2 aromatic carbocycles. The molecular weight excluding hydrogens is 456 g/mol. The minimum absolute atomic E-state index is 0.0672. The maximum absolute atomic E-state index is 13.8. The van der Waals surface area contributed by atoms with Crippen molar-refractivity contribution in [3.63, 3.8) is 0 Å². The number of amides is 3. The van der Waals surface area contributed by atoms with Gasteiger partial charge >= 0.3 is 6.09 Å². The molecule has 0 radical (unpaired) electrons. The smallest absolute Gasteiger partial charge is 0.415 e. The van der Waals surface area contributed by atoms with Crippen molar-refractivity contribution in [3.05, 3.63) is 65.2 Å². The molecule has 2 aromatic rings. The van der Waals surface area contributed by atoms with Crippen LogP contribution in [0.25, 0.3) is 0 Å². The van der Waals surface area contributed by atoms with Crippen molar-refractivity contribution < 1.29 is 19.1 Å². The Morgan fingerprint density at radius 2 is 1.94 bits per heavy atom. The van der Waals surface area contributed by atoms with E-state index in [1.165, 1.54) is 0 Å². The first-order valence-electron chi connectivity index (χ1n) is 12.9. The minimum atomic E-state index is -1.36. The van der Waals surface area contributed by atoms with Gasteiger partial charge in [0.2, 0.25) is 11.5 Å². The highest BCUT2D eigenvalue weighted by Gasteiger charge is 2.57. The normalized spacial score (nSPS) is 25.6. The lowest BCUT2D eigenvalue weighted by Crippen LogP contribution is -2.51. The first-order valence-corrected chi connectivity index (χ1v) is 12.9. The van der Waals surface area contributed by atoms with Crippen molar-refractivity contribution in [2.45, 2.75) is 62.8 Å². The maximum atomic E-state index is 13.8. The topological polar surface area (TPSA) is 99.8 Å². The molecule has 2 aliphatic heterocycles. The van der Waals surface area contributed by atoms with E-state index in [1.54, 1.807) is 0 Å². The summed E-state index contributed by atoms with van der Waals surface area (Å²) < 4.78 is 5.61. The van der Waals surface area contributed by atoms with Crippen molar-refractivity contribution in [3.8, 4) is 0 Å². The van der Waals surface area contributed by atoms with E-state index in [0.717, 1.165) is 42.7 Å². The van der Waals surface area contributed by atoms with Crippen molar-refractivity contribution in [2.75, 3.05) is 18.4 Å². The molecule has 2 saturated heterocycles. The van der Waals surface area contributed by atoms with E-state index in [4.69, 9.17) is 4.74 Å². The van der Waals surface area contributed by atoms with Crippen LogP contribution in [0.15, 0.2) is 48.5 Å². The number of fused-ring (bicyclic) bond motifs is 2. The van der Waals surface area contributed by atoms with E-state index in [-0.39, 0.29) is 30.7 Å². The highest BCUT2D eigenvalue weighted by atomic mass is 16.6. The van der Waals surface area contributed by atoms with Crippen LogP contribution < -0.4 is 16.0 Å². The quantitative estimate of drug-likeness (QED) is 0.528. The molecule has 2 heterocycles. The van der Waals surface area contributed by atoms with Crippen molar-refractivity contribution in [2.24, 2.45) is 5.92 Å². The van der Waals surface area contributed by atoms with Gasteiger partial charge < -0.3 is 20.3 Å². The second-order valence-corrected chi connectivity index (χ2v) is 10.7. The summed E-state index contributed by atoms with van der Waals surface area (Å²) in [5.74, 6) is -0.0685. The molecule has 8 nitrogen and oxygen atoms in total. The highest BCUT2D eigenvalue weighted by Crippen LogP contribution is 2.51. The van der Waals surface area contributed by atoms with E-state index in [1.807, 2.05) is 41.3 Å². The number of rotatable bonds is 8. The van der Waals surface area contributed by atoms with Gasteiger partial charge in [0.25, 0.3) is 5.91 Å². The van der Waals surface area contributed by atoms with E-state index >= 15 is 0 Å². The first kappa shape index (κ1) is 23.0. The van der Waals surface area contributed by atoms with Crippen LogP contribution in [0.5, 0.6) is 0 Å². The van der Waals surface area contributed by atoms with E-state index < -0.39 is 17.6 Å².